The predicted octanol–water partition coefficient (Wildman–Crippen LogP) is 1.75. The van der Waals surface area contributed by atoms with Crippen LogP contribution in [-0.4, -0.2) is 34.9 Å². The molecule has 0 spiro atoms. The molecule has 1 fully saturated rings. The average Bonchev–Trinajstić information content (AvgIpc) is 2.83. The summed E-state index contributed by atoms with van der Waals surface area (Å²) in [6.45, 7) is 3.38. The minimum atomic E-state index is -0.0895. The molecule has 1 aromatic rings. The quantitative estimate of drug-likeness (QED) is 0.825. The molecule has 1 saturated carbocycles. The molecule has 1 amide bonds. The highest BCUT2D eigenvalue weighted by molar-refractivity contribution is 5.93. The number of amides is 1. The Kier molecular flexibility index (Phi) is 4.96. The van der Waals surface area contributed by atoms with Crippen LogP contribution in [0.15, 0.2) is 12.4 Å². The summed E-state index contributed by atoms with van der Waals surface area (Å²) in [4.78, 5) is 11.8. The molecule has 0 aliphatic heterocycles. The van der Waals surface area contributed by atoms with Gasteiger partial charge in [-0.15, -0.1) is 0 Å². The molecule has 106 valence electrons. The maximum Gasteiger partial charge on any atom is 0.254 e. The molecule has 5 nitrogen and oxygen atoms in total. The number of aryl methyl sites for hydroxylation is 1. The predicted molar refractivity (Wildman–Crippen MR) is 72.9 cm³/mol. The molecule has 1 aromatic heterocycles. The summed E-state index contributed by atoms with van der Waals surface area (Å²) in [6, 6.07) is 0. The SMILES string of the molecule is C[C@H]1CCCC[C@@H]1OCCNC(=O)c1cnn(C)c1. The largest absolute Gasteiger partial charge is 0.376 e. The zero-order chi connectivity index (χ0) is 13.7. The van der Waals surface area contributed by atoms with Crippen molar-refractivity contribution < 1.29 is 9.53 Å². The second-order valence-electron chi connectivity index (χ2n) is 5.33. The lowest BCUT2D eigenvalue weighted by atomic mass is 9.88. The van der Waals surface area contributed by atoms with Gasteiger partial charge in [0.25, 0.3) is 5.91 Å². The van der Waals surface area contributed by atoms with Crippen LogP contribution >= 0.6 is 0 Å². The molecule has 2 rings (SSSR count). The molecule has 5 heteroatoms. The Hall–Kier alpha value is -1.36. The summed E-state index contributed by atoms with van der Waals surface area (Å²) in [5.74, 6) is 0.552. The number of carbonyl (C=O) groups excluding carboxylic acids is 1. The Labute approximate surface area is 114 Å². The third-order valence-electron chi connectivity index (χ3n) is 3.72. The van der Waals surface area contributed by atoms with Gasteiger partial charge in [-0.05, 0) is 18.8 Å². The summed E-state index contributed by atoms with van der Waals surface area (Å²) < 4.78 is 7.47. The molecule has 1 aliphatic rings. The van der Waals surface area contributed by atoms with E-state index in [0.29, 0.717) is 30.7 Å². The maximum atomic E-state index is 11.8. The molecule has 0 bridgehead atoms. The first-order valence-electron chi connectivity index (χ1n) is 7.05. The number of hydrogen-bond acceptors (Lipinski definition) is 3. The fourth-order valence-electron chi connectivity index (χ4n) is 2.55. The van der Waals surface area contributed by atoms with Crippen LogP contribution in [0, 0.1) is 5.92 Å². The molecule has 19 heavy (non-hydrogen) atoms. The summed E-state index contributed by atoms with van der Waals surface area (Å²) >= 11 is 0. The summed E-state index contributed by atoms with van der Waals surface area (Å²) in [5.41, 5.74) is 0.591. The van der Waals surface area contributed by atoms with E-state index < -0.39 is 0 Å². The lowest BCUT2D eigenvalue weighted by Gasteiger charge is -2.28. The first-order chi connectivity index (χ1) is 9.16. The van der Waals surface area contributed by atoms with Crippen molar-refractivity contribution in [3.05, 3.63) is 18.0 Å². The zero-order valence-electron chi connectivity index (χ0n) is 11.8. The van der Waals surface area contributed by atoms with Crippen LogP contribution in [0.4, 0.5) is 0 Å². The third-order valence-corrected chi connectivity index (χ3v) is 3.72. The Morgan fingerprint density at radius 1 is 1.53 bits per heavy atom. The monoisotopic (exact) mass is 265 g/mol. The van der Waals surface area contributed by atoms with Gasteiger partial charge in [0.2, 0.25) is 0 Å². The Morgan fingerprint density at radius 2 is 2.32 bits per heavy atom. The number of nitrogens with zero attached hydrogens (tertiary/aromatic N) is 2. The Bertz CT molecular complexity index is 417. The van der Waals surface area contributed by atoms with E-state index in [0.717, 1.165) is 6.42 Å². The standard InChI is InChI=1S/C14H23N3O2/c1-11-5-3-4-6-13(11)19-8-7-15-14(18)12-9-16-17(2)10-12/h9-11,13H,3-8H2,1-2H3,(H,15,18)/t11-,13-/m0/s1. The molecule has 0 saturated heterocycles. The van der Waals surface area contributed by atoms with Crippen LogP contribution in [0.3, 0.4) is 0 Å². The minimum Gasteiger partial charge on any atom is -0.376 e. The third kappa shape index (κ3) is 4.06. The highest BCUT2D eigenvalue weighted by Gasteiger charge is 2.21. The molecular formula is C14H23N3O2. The molecule has 0 aromatic carbocycles. The molecule has 1 aliphatic carbocycles. The Balaban J connectivity index is 1.65. The van der Waals surface area contributed by atoms with Gasteiger partial charge in [0.05, 0.1) is 24.5 Å². The highest BCUT2D eigenvalue weighted by atomic mass is 16.5. The normalized spacial score (nSPS) is 23.3. The first-order valence-corrected chi connectivity index (χ1v) is 7.05. The van der Waals surface area contributed by atoms with E-state index in [1.54, 1.807) is 24.1 Å². The van der Waals surface area contributed by atoms with Gasteiger partial charge in [0.1, 0.15) is 0 Å². The fraction of sp³-hybridized carbons (Fsp3) is 0.714. The van der Waals surface area contributed by atoms with Gasteiger partial charge in [0.15, 0.2) is 0 Å². The van der Waals surface area contributed by atoms with Crippen molar-refractivity contribution in [3.63, 3.8) is 0 Å². The van der Waals surface area contributed by atoms with Crippen LogP contribution in [0.1, 0.15) is 43.0 Å². The van der Waals surface area contributed by atoms with Gasteiger partial charge >= 0.3 is 0 Å². The van der Waals surface area contributed by atoms with Gasteiger partial charge in [-0.1, -0.05) is 19.8 Å². The van der Waals surface area contributed by atoms with Crippen LogP contribution in [0.25, 0.3) is 0 Å². The van der Waals surface area contributed by atoms with Crippen molar-refractivity contribution in [2.45, 2.75) is 38.7 Å². The van der Waals surface area contributed by atoms with E-state index in [1.165, 1.54) is 19.3 Å². The van der Waals surface area contributed by atoms with E-state index in [2.05, 4.69) is 17.3 Å². The van der Waals surface area contributed by atoms with Crippen LogP contribution in [0.5, 0.6) is 0 Å². The number of ether oxygens (including phenoxy) is 1. The number of hydrogen-bond donors (Lipinski definition) is 1. The van der Waals surface area contributed by atoms with E-state index in [9.17, 15) is 4.79 Å². The van der Waals surface area contributed by atoms with E-state index in [4.69, 9.17) is 4.74 Å². The first kappa shape index (κ1) is 14.1. The summed E-state index contributed by atoms with van der Waals surface area (Å²) in [5, 5.41) is 6.82. The van der Waals surface area contributed by atoms with Crippen molar-refractivity contribution >= 4 is 5.91 Å². The Morgan fingerprint density at radius 3 is 3.00 bits per heavy atom. The number of rotatable bonds is 5. The van der Waals surface area contributed by atoms with Crippen molar-refractivity contribution in [2.75, 3.05) is 13.2 Å². The molecule has 1 heterocycles. The van der Waals surface area contributed by atoms with E-state index >= 15 is 0 Å². The topological polar surface area (TPSA) is 56.1 Å². The van der Waals surface area contributed by atoms with Gasteiger partial charge < -0.3 is 10.1 Å². The van der Waals surface area contributed by atoms with E-state index in [1.807, 2.05) is 0 Å². The summed E-state index contributed by atoms with van der Waals surface area (Å²) in [7, 11) is 1.80. The van der Waals surface area contributed by atoms with Gasteiger partial charge in [-0.3, -0.25) is 9.48 Å². The number of aromatic nitrogens is 2. The number of carbonyl (C=O) groups is 1. The molecule has 2 atom stereocenters. The van der Waals surface area contributed by atoms with Crippen molar-refractivity contribution in [2.24, 2.45) is 13.0 Å². The maximum absolute atomic E-state index is 11.8. The summed E-state index contributed by atoms with van der Waals surface area (Å²) in [6.07, 6.45) is 8.63. The zero-order valence-corrected chi connectivity index (χ0v) is 11.8. The molecular weight excluding hydrogens is 242 g/mol. The molecule has 1 N–H and O–H groups in total. The van der Waals surface area contributed by atoms with E-state index in [-0.39, 0.29) is 5.91 Å². The second kappa shape index (κ2) is 6.70. The van der Waals surface area contributed by atoms with Crippen LogP contribution in [-0.2, 0) is 11.8 Å². The van der Waals surface area contributed by atoms with Crippen molar-refractivity contribution in [1.29, 1.82) is 0 Å². The highest BCUT2D eigenvalue weighted by Crippen LogP contribution is 2.25. The molecule has 0 unspecified atom stereocenters. The van der Waals surface area contributed by atoms with Crippen LogP contribution in [0.2, 0.25) is 0 Å². The van der Waals surface area contributed by atoms with Crippen molar-refractivity contribution in [1.82, 2.24) is 15.1 Å². The molecule has 0 radical (unpaired) electrons. The average molecular weight is 265 g/mol. The smallest absolute Gasteiger partial charge is 0.254 e. The van der Waals surface area contributed by atoms with Gasteiger partial charge in [-0.2, -0.15) is 5.10 Å². The second-order valence-corrected chi connectivity index (χ2v) is 5.33. The number of nitrogens with one attached hydrogen (secondary N) is 1. The van der Waals surface area contributed by atoms with Crippen molar-refractivity contribution in [3.8, 4) is 0 Å². The van der Waals surface area contributed by atoms with Gasteiger partial charge in [-0.25, -0.2) is 0 Å². The fourth-order valence-corrected chi connectivity index (χ4v) is 2.55. The van der Waals surface area contributed by atoms with Gasteiger partial charge in [0, 0.05) is 19.8 Å². The minimum absolute atomic E-state index is 0.0895. The lowest BCUT2D eigenvalue weighted by molar-refractivity contribution is -0.00293. The lowest BCUT2D eigenvalue weighted by Crippen LogP contribution is -2.31. The van der Waals surface area contributed by atoms with Crippen LogP contribution < -0.4 is 5.32 Å².